The Balaban J connectivity index is 1.36. The molecule has 7 heteroatoms. The lowest BCUT2D eigenvalue weighted by Gasteiger charge is -2.34. The van der Waals surface area contributed by atoms with Crippen molar-refractivity contribution < 1.29 is 14.3 Å². The molecule has 0 spiro atoms. The first-order valence-corrected chi connectivity index (χ1v) is 13.2. The molecule has 3 amide bonds. The monoisotopic (exact) mass is 522 g/mol. The Morgan fingerprint density at radius 1 is 0.769 bits per heavy atom. The van der Waals surface area contributed by atoms with Gasteiger partial charge < -0.3 is 24.4 Å². The number of hydrogen-bond donors (Lipinski definition) is 1. The number of para-hydroxylation sites is 1. The highest BCUT2D eigenvalue weighted by Crippen LogP contribution is 2.32. The second kappa shape index (κ2) is 11.1. The zero-order chi connectivity index (χ0) is 27.5. The lowest BCUT2D eigenvalue weighted by atomic mass is 10.1. The van der Waals surface area contributed by atoms with Gasteiger partial charge in [0.2, 0.25) is 0 Å². The van der Waals surface area contributed by atoms with Crippen LogP contribution in [0.5, 0.6) is 5.75 Å². The molecule has 200 valence electrons. The number of hydrogen-bond acceptors (Lipinski definition) is 3. The highest BCUT2D eigenvalue weighted by molar-refractivity contribution is 5.98. The maximum absolute atomic E-state index is 13.8. The van der Waals surface area contributed by atoms with Crippen LogP contribution in [0.1, 0.15) is 27.2 Å². The first kappa shape index (κ1) is 26.1. The molecule has 1 N–H and O–H groups in total. The Hall–Kier alpha value is -4.52. The normalized spacial score (nSPS) is 13.3. The largest absolute Gasteiger partial charge is 0.497 e. The van der Waals surface area contributed by atoms with Crippen molar-refractivity contribution in [2.24, 2.45) is 0 Å². The second-order valence-corrected chi connectivity index (χ2v) is 9.94. The molecule has 0 radical (unpaired) electrons. The van der Waals surface area contributed by atoms with Gasteiger partial charge >= 0.3 is 6.03 Å². The molecule has 1 aromatic heterocycles. The van der Waals surface area contributed by atoms with Gasteiger partial charge in [-0.05, 0) is 74.4 Å². The van der Waals surface area contributed by atoms with Gasteiger partial charge in [0, 0.05) is 48.8 Å². The summed E-state index contributed by atoms with van der Waals surface area (Å²) in [6.45, 7) is 7.96. The van der Waals surface area contributed by atoms with Crippen LogP contribution in [0, 0.1) is 20.8 Å². The average Bonchev–Trinajstić information content (AvgIpc) is 3.32. The van der Waals surface area contributed by atoms with Crippen molar-refractivity contribution in [1.82, 2.24) is 14.4 Å². The summed E-state index contributed by atoms with van der Waals surface area (Å²) in [7, 11) is 1.65. The number of anilines is 1. The van der Waals surface area contributed by atoms with Gasteiger partial charge in [-0.1, -0.05) is 36.4 Å². The Bertz CT molecular complexity index is 1500. The van der Waals surface area contributed by atoms with E-state index in [4.69, 9.17) is 4.74 Å². The van der Waals surface area contributed by atoms with Crippen molar-refractivity contribution in [2.75, 3.05) is 38.6 Å². The highest BCUT2D eigenvalue weighted by Gasteiger charge is 2.28. The third-order valence-electron chi connectivity index (χ3n) is 7.47. The minimum atomic E-state index is -0.142. The highest BCUT2D eigenvalue weighted by atomic mass is 16.5. The van der Waals surface area contributed by atoms with Gasteiger partial charge in [-0.15, -0.1) is 0 Å². The van der Waals surface area contributed by atoms with Crippen molar-refractivity contribution in [3.05, 3.63) is 101 Å². The molecule has 4 aromatic rings. The molecular formula is C32H34N4O3. The van der Waals surface area contributed by atoms with Crippen LogP contribution in [0.25, 0.3) is 16.9 Å². The lowest BCUT2D eigenvalue weighted by Crippen LogP contribution is -2.51. The summed E-state index contributed by atoms with van der Waals surface area (Å²) < 4.78 is 7.58. The number of ether oxygens (including phenoxy) is 1. The van der Waals surface area contributed by atoms with Crippen LogP contribution in [0.15, 0.2) is 78.9 Å². The van der Waals surface area contributed by atoms with E-state index >= 15 is 0 Å². The molecule has 1 aliphatic heterocycles. The molecule has 0 unspecified atom stereocenters. The zero-order valence-corrected chi connectivity index (χ0v) is 22.9. The molecule has 0 aliphatic carbocycles. The first-order valence-electron chi connectivity index (χ1n) is 13.2. The van der Waals surface area contributed by atoms with E-state index in [2.05, 4.69) is 9.88 Å². The van der Waals surface area contributed by atoms with Crippen LogP contribution in [0.2, 0.25) is 0 Å². The summed E-state index contributed by atoms with van der Waals surface area (Å²) in [4.78, 5) is 30.3. The van der Waals surface area contributed by atoms with Gasteiger partial charge in [0.15, 0.2) is 0 Å². The fourth-order valence-electron chi connectivity index (χ4n) is 5.03. The van der Waals surface area contributed by atoms with Crippen LogP contribution in [-0.2, 0) is 0 Å². The summed E-state index contributed by atoms with van der Waals surface area (Å²) in [5.74, 6) is 0.731. The molecule has 7 nitrogen and oxygen atoms in total. The number of aryl methyl sites for hydroxylation is 2. The quantitative estimate of drug-likeness (QED) is 0.346. The van der Waals surface area contributed by atoms with E-state index in [1.54, 1.807) is 12.0 Å². The van der Waals surface area contributed by atoms with Gasteiger partial charge in [0.1, 0.15) is 5.75 Å². The molecular weight excluding hydrogens is 488 g/mol. The molecule has 1 fully saturated rings. The lowest BCUT2D eigenvalue weighted by molar-refractivity contribution is 0.0671. The Labute approximate surface area is 229 Å². The minimum Gasteiger partial charge on any atom is -0.497 e. The van der Waals surface area contributed by atoms with Crippen molar-refractivity contribution in [3.8, 4) is 22.7 Å². The minimum absolute atomic E-state index is 0.0273. The summed E-state index contributed by atoms with van der Waals surface area (Å²) in [6, 6.07) is 25.6. The standard InChI is InChI=1S/C32H34N4O3/c1-22-13-14-26(19-23(22)2)33-32(38)35-17-15-34(16-18-35)31(37)29-21-30(25-9-8-12-28(20-25)39-4)36(24(29)3)27-10-6-5-7-11-27/h5-14,19-21H,15-18H2,1-4H3,(H,33,38). The van der Waals surface area contributed by atoms with Crippen LogP contribution in [0.4, 0.5) is 10.5 Å². The fourth-order valence-corrected chi connectivity index (χ4v) is 5.03. The number of amides is 3. The number of rotatable bonds is 5. The first-order chi connectivity index (χ1) is 18.9. The third-order valence-corrected chi connectivity index (χ3v) is 7.47. The number of nitrogens with zero attached hydrogens (tertiary/aromatic N) is 3. The van der Waals surface area contributed by atoms with E-state index in [0.717, 1.165) is 39.6 Å². The summed E-state index contributed by atoms with van der Waals surface area (Å²) in [6.07, 6.45) is 0. The summed E-state index contributed by atoms with van der Waals surface area (Å²) >= 11 is 0. The Morgan fingerprint density at radius 3 is 2.18 bits per heavy atom. The van der Waals surface area contributed by atoms with E-state index in [0.29, 0.717) is 31.7 Å². The number of methoxy groups -OCH3 is 1. The van der Waals surface area contributed by atoms with Gasteiger partial charge in [0.05, 0.1) is 18.4 Å². The molecule has 5 rings (SSSR count). The van der Waals surface area contributed by atoms with E-state index in [-0.39, 0.29) is 11.9 Å². The van der Waals surface area contributed by atoms with Gasteiger partial charge in [-0.2, -0.15) is 0 Å². The molecule has 0 bridgehead atoms. The van der Waals surface area contributed by atoms with Crippen LogP contribution in [0.3, 0.4) is 0 Å². The molecule has 1 saturated heterocycles. The van der Waals surface area contributed by atoms with E-state index in [9.17, 15) is 9.59 Å². The second-order valence-electron chi connectivity index (χ2n) is 9.94. The Kier molecular flexibility index (Phi) is 7.41. The van der Waals surface area contributed by atoms with E-state index < -0.39 is 0 Å². The number of urea groups is 1. The van der Waals surface area contributed by atoms with Gasteiger partial charge in [0.25, 0.3) is 5.91 Å². The van der Waals surface area contributed by atoms with Gasteiger partial charge in [-0.3, -0.25) is 4.79 Å². The zero-order valence-electron chi connectivity index (χ0n) is 22.9. The number of carbonyl (C=O) groups is 2. The molecule has 2 heterocycles. The molecule has 1 aliphatic rings. The van der Waals surface area contributed by atoms with Crippen LogP contribution >= 0.6 is 0 Å². The molecule has 39 heavy (non-hydrogen) atoms. The predicted molar refractivity (Wildman–Crippen MR) is 155 cm³/mol. The predicted octanol–water partition coefficient (Wildman–Crippen LogP) is 6.07. The fraction of sp³-hybridized carbons (Fsp3) is 0.250. The molecule has 0 atom stereocenters. The molecule has 3 aromatic carbocycles. The van der Waals surface area contributed by atoms with Crippen molar-refractivity contribution in [3.63, 3.8) is 0 Å². The number of carbonyl (C=O) groups excluding carboxylic acids is 2. The average molecular weight is 523 g/mol. The van der Waals surface area contributed by atoms with E-state index in [1.165, 1.54) is 5.56 Å². The maximum Gasteiger partial charge on any atom is 0.321 e. The smallest absolute Gasteiger partial charge is 0.321 e. The maximum atomic E-state index is 13.8. The molecule has 0 saturated carbocycles. The van der Waals surface area contributed by atoms with E-state index in [1.807, 2.05) is 105 Å². The summed E-state index contributed by atoms with van der Waals surface area (Å²) in [5.41, 5.74) is 7.51. The van der Waals surface area contributed by atoms with Crippen LogP contribution < -0.4 is 10.1 Å². The van der Waals surface area contributed by atoms with Crippen molar-refractivity contribution in [1.29, 1.82) is 0 Å². The van der Waals surface area contributed by atoms with Crippen LogP contribution in [-0.4, -0.2) is 59.6 Å². The summed E-state index contributed by atoms with van der Waals surface area (Å²) in [5, 5.41) is 2.99. The number of nitrogens with one attached hydrogen (secondary N) is 1. The van der Waals surface area contributed by atoms with Crippen molar-refractivity contribution in [2.45, 2.75) is 20.8 Å². The number of piperazine rings is 1. The SMILES string of the molecule is COc1cccc(-c2cc(C(=O)N3CCN(C(=O)Nc4ccc(C)c(C)c4)CC3)c(C)n2-c2ccccc2)c1. The topological polar surface area (TPSA) is 66.8 Å². The number of aromatic nitrogens is 1. The number of benzene rings is 3. The Morgan fingerprint density at radius 2 is 1.49 bits per heavy atom. The van der Waals surface area contributed by atoms with Gasteiger partial charge in [-0.25, -0.2) is 4.79 Å². The third kappa shape index (κ3) is 5.39. The van der Waals surface area contributed by atoms with Crippen molar-refractivity contribution >= 4 is 17.6 Å².